The molecule has 0 aliphatic heterocycles. The summed E-state index contributed by atoms with van der Waals surface area (Å²) < 4.78 is 0. The van der Waals surface area contributed by atoms with Gasteiger partial charge in [-0.3, -0.25) is 0 Å². The Morgan fingerprint density at radius 1 is 0.254 bits per heavy atom. The molecule has 2 heteroatoms. The van der Waals surface area contributed by atoms with Crippen molar-refractivity contribution in [3.63, 3.8) is 0 Å². The third-order valence-corrected chi connectivity index (χ3v) is 14.0. The predicted molar refractivity (Wildman–Crippen MR) is 280 cm³/mol. The molecule has 11 aromatic carbocycles. The number of rotatable bonds is 9. The Kier molecular flexibility index (Phi) is 9.11. The van der Waals surface area contributed by atoms with E-state index in [9.17, 15) is 0 Å². The third kappa shape index (κ3) is 6.11. The monoisotopic (exact) mass is 852 g/mol. The zero-order valence-corrected chi connectivity index (χ0v) is 36.8. The molecule has 2 aliphatic rings. The molecule has 0 fully saturated rings. The van der Waals surface area contributed by atoms with E-state index >= 15 is 0 Å². The van der Waals surface area contributed by atoms with Gasteiger partial charge in [-0.1, -0.05) is 188 Å². The second kappa shape index (κ2) is 15.8. The largest absolute Gasteiger partial charge is 0.311 e. The lowest BCUT2D eigenvalue weighted by Gasteiger charge is -2.35. The lowest BCUT2D eigenvalue weighted by Crippen LogP contribution is -2.28. The standard InChI is InChI=1S/C65H44N2/c1-6-19-45(20-7-1)46-33-35-51(36-34-46)67(53-39-37-52(38-40-53)66(49-25-12-4-13-26-49)50-27-14-5-15-28-50)54-41-42-58-61(43-54)65(47-21-8-2-9-22-47,48-23-10-3-11-24-48)62-44-60-56-30-17-16-29-55(56)57-31-18-32-59(63(57)60)64(58)62/h1-44H. The van der Waals surface area contributed by atoms with Crippen LogP contribution >= 0.6 is 0 Å². The van der Waals surface area contributed by atoms with E-state index in [0.29, 0.717) is 0 Å². The Balaban J connectivity index is 1.05. The first-order chi connectivity index (χ1) is 33.3. The van der Waals surface area contributed by atoms with Crippen molar-refractivity contribution in [2.75, 3.05) is 9.80 Å². The van der Waals surface area contributed by atoms with E-state index in [2.05, 4.69) is 277 Å². The number of nitrogens with zero attached hydrogens (tertiary/aromatic N) is 2. The lowest BCUT2D eigenvalue weighted by molar-refractivity contribution is 0.769. The molecule has 2 nitrogen and oxygen atoms in total. The highest BCUT2D eigenvalue weighted by Crippen LogP contribution is 2.62. The Hall–Kier alpha value is -8.72. The second-order valence-corrected chi connectivity index (χ2v) is 17.6. The molecule has 11 aromatic rings. The number of benzene rings is 11. The van der Waals surface area contributed by atoms with E-state index in [4.69, 9.17) is 0 Å². The molecule has 0 aromatic heterocycles. The van der Waals surface area contributed by atoms with E-state index in [-0.39, 0.29) is 0 Å². The highest BCUT2D eigenvalue weighted by atomic mass is 15.2. The summed E-state index contributed by atoms with van der Waals surface area (Å²) in [6.07, 6.45) is 0. The van der Waals surface area contributed by atoms with Crippen molar-refractivity contribution in [2.24, 2.45) is 0 Å². The molecule has 13 rings (SSSR count). The molecular formula is C65H44N2. The van der Waals surface area contributed by atoms with Gasteiger partial charge in [-0.25, -0.2) is 0 Å². The fourth-order valence-electron chi connectivity index (χ4n) is 11.2. The van der Waals surface area contributed by atoms with E-state index in [1.165, 1.54) is 77.5 Å². The van der Waals surface area contributed by atoms with Crippen molar-refractivity contribution in [1.82, 2.24) is 0 Å². The zero-order chi connectivity index (χ0) is 44.3. The van der Waals surface area contributed by atoms with Crippen LogP contribution in [0.3, 0.4) is 0 Å². The molecule has 0 radical (unpaired) electrons. The van der Waals surface area contributed by atoms with Crippen LogP contribution < -0.4 is 9.80 Å². The van der Waals surface area contributed by atoms with Gasteiger partial charge >= 0.3 is 0 Å². The molecule has 0 atom stereocenters. The molecule has 0 unspecified atom stereocenters. The third-order valence-electron chi connectivity index (χ3n) is 14.0. The van der Waals surface area contributed by atoms with Gasteiger partial charge in [-0.05, 0) is 156 Å². The van der Waals surface area contributed by atoms with Gasteiger partial charge in [0.05, 0.1) is 5.41 Å². The molecule has 0 saturated heterocycles. The van der Waals surface area contributed by atoms with Crippen LogP contribution in [0.15, 0.2) is 267 Å². The summed E-state index contributed by atoms with van der Waals surface area (Å²) in [5, 5.41) is 2.64. The van der Waals surface area contributed by atoms with Gasteiger partial charge in [0.1, 0.15) is 0 Å². The number of hydrogen-bond donors (Lipinski definition) is 0. The minimum Gasteiger partial charge on any atom is -0.311 e. The van der Waals surface area contributed by atoms with Crippen molar-refractivity contribution in [3.05, 3.63) is 289 Å². The summed E-state index contributed by atoms with van der Waals surface area (Å²) in [6, 6.07) is 98.0. The van der Waals surface area contributed by atoms with Gasteiger partial charge < -0.3 is 9.80 Å². The SMILES string of the molecule is c1ccc(-c2ccc(N(c3ccc(N(c4ccccc4)c4ccccc4)cc3)c3ccc4c(c3)C(c3ccccc3)(c3ccccc3)c3cc5c6c(cccc6c3-4)-c3ccccc3-5)cc2)cc1. The first-order valence-corrected chi connectivity index (χ1v) is 23.2. The summed E-state index contributed by atoms with van der Waals surface area (Å²) in [5.74, 6) is 0. The molecule has 67 heavy (non-hydrogen) atoms. The van der Waals surface area contributed by atoms with Crippen LogP contribution in [-0.2, 0) is 5.41 Å². The first-order valence-electron chi connectivity index (χ1n) is 23.2. The first kappa shape index (κ1) is 38.7. The van der Waals surface area contributed by atoms with Gasteiger partial charge in [0.15, 0.2) is 0 Å². The Morgan fingerprint density at radius 2 is 0.672 bits per heavy atom. The fraction of sp³-hybridized carbons (Fsp3) is 0.0154. The average Bonchev–Trinajstić information content (AvgIpc) is 3.89. The minimum atomic E-state index is -0.611. The van der Waals surface area contributed by atoms with Gasteiger partial charge in [-0.2, -0.15) is 0 Å². The topological polar surface area (TPSA) is 6.48 Å². The van der Waals surface area contributed by atoms with Crippen LogP contribution in [0.4, 0.5) is 34.1 Å². The molecule has 0 heterocycles. The minimum absolute atomic E-state index is 0.611. The molecular weight excluding hydrogens is 809 g/mol. The van der Waals surface area contributed by atoms with Crippen LogP contribution in [0.25, 0.3) is 55.3 Å². The molecule has 0 saturated carbocycles. The predicted octanol–water partition coefficient (Wildman–Crippen LogP) is 17.5. The van der Waals surface area contributed by atoms with Crippen molar-refractivity contribution in [3.8, 4) is 44.5 Å². The fourth-order valence-corrected chi connectivity index (χ4v) is 11.2. The zero-order valence-electron chi connectivity index (χ0n) is 36.8. The Morgan fingerprint density at radius 3 is 1.24 bits per heavy atom. The van der Waals surface area contributed by atoms with Gasteiger partial charge in [0.25, 0.3) is 0 Å². The van der Waals surface area contributed by atoms with Crippen molar-refractivity contribution >= 4 is 44.9 Å². The van der Waals surface area contributed by atoms with Crippen LogP contribution in [0.1, 0.15) is 22.3 Å². The smallest absolute Gasteiger partial charge is 0.0714 e. The molecule has 0 N–H and O–H groups in total. The molecule has 0 bridgehead atoms. The molecule has 0 amide bonds. The Labute approximate surface area is 391 Å². The summed E-state index contributed by atoms with van der Waals surface area (Å²) >= 11 is 0. The maximum Gasteiger partial charge on any atom is 0.0714 e. The van der Waals surface area contributed by atoms with Gasteiger partial charge in [-0.15, -0.1) is 0 Å². The van der Waals surface area contributed by atoms with Gasteiger partial charge in [0, 0.05) is 34.1 Å². The highest BCUT2D eigenvalue weighted by Gasteiger charge is 2.48. The van der Waals surface area contributed by atoms with E-state index in [0.717, 1.165) is 34.1 Å². The van der Waals surface area contributed by atoms with Crippen molar-refractivity contribution < 1.29 is 0 Å². The van der Waals surface area contributed by atoms with Crippen LogP contribution in [0.5, 0.6) is 0 Å². The number of para-hydroxylation sites is 2. The Bertz CT molecular complexity index is 3510. The quantitative estimate of drug-likeness (QED) is 0.143. The summed E-state index contributed by atoms with van der Waals surface area (Å²) in [5.41, 5.74) is 21.2. The van der Waals surface area contributed by atoms with Crippen molar-refractivity contribution in [2.45, 2.75) is 5.41 Å². The lowest BCUT2D eigenvalue weighted by atomic mass is 9.67. The highest BCUT2D eigenvalue weighted by molar-refractivity contribution is 6.21. The number of hydrogen-bond acceptors (Lipinski definition) is 2. The van der Waals surface area contributed by atoms with Crippen molar-refractivity contribution in [1.29, 1.82) is 0 Å². The van der Waals surface area contributed by atoms with Crippen LogP contribution in [-0.4, -0.2) is 0 Å². The van der Waals surface area contributed by atoms with Crippen LogP contribution in [0, 0.1) is 0 Å². The molecule has 0 spiro atoms. The summed E-state index contributed by atoms with van der Waals surface area (Å²) in [6.45, 7) is 0. The molecule has 314 valence electrons. The van der Waals surface area contributed by atoms with E-state index in [1.54, 1.807) is 0 Å². The normalized spacial score (nSPS) is 12.6. The number of fused-ring (bicyclic) bond motifs is 7. The number of anilines is 6. The second-order valence-electron chi connectivity index (χ2n) is 17.6. The molecule has 2 aliphatic carbocycles. The van der Waals surface area contributed by atoms with E-state index in [1.807, 2.05) is 0 Å². The maximum atomic E-state index is 2.54. The average molecular weight is 853 g/mol. The van der Waals surface area contributed by atoms with Crippen LogP contribution in [0.2, 0.25) is 0 Å². The summed E-state index contributed by atoms with van der Waals surface area (Å²) in [4.78, 5) is 4.75. The van der Waals surface area contributed by atoms with Gasteiger partial charge in [0.2, 0.25) is 0 Å². The summed E-state index contributed by atoms with van der Waals surface area (Å²) in [7, 11) is 0. The maximum absolute atomic E-state index is 2.54. The van der Waals surface area contributed by atoms with E-state index < -0.39 is 5.41 Å².